The SMILES string of the molecule is COc1cccc(N2CC(C(=O)Nc3ncc(Cc4ccc(C#N)cc4)s3)CC2=O)c1. The summed E-state index contributed by atoms with van der Waals surface area (Å²) in [5.74, 6) is -0.0765. The highest BCUT2D eigenvalue weighted by atomic mass is 32.1. The summed E-state index contributed by atoms with van der Waals surface area (Å²) in [6.07, 6.45) is 2.57. The molecule has 2 amide bonds. The number of amides is 2. The maximum atomic E-state index is 12.7. The summed E-state index contributed by atoms with van der Waals surface area (Å²) in [6.45, 7) is 0.321. The second kappa shape index (κ2) is 8.98. The van der Waals surface area contributed by atoms with Crippen molar-refractivity contribution in [3.8, 4) is 11.8 Å². The van der Waals surface area contributed by atoms with E-state index < -0.39 is 5.92 Å². The molecular formula is C23H20N4O3S. The molecule has 0 saturated carbocycles. The van der Waals surface area contributed by atoms with Gasteiger partial charge in [-0.3, -0.25) is 9.59 Å². The summed E-state index contributed by atoms with van der Waals surface area (Å²) >= 11 is 1.40. The third-order valence-electron chi connectivity index (χ3n) is 5.11. The van der Waals surface area contributed by atoms with Gasteiger partial charge in [0, 0.05) is 42.2 Å². The van der Waals surface area contributed by atoms with E-state index >= 15 is 0 Å². The first kappa shape index (κ1) is 20.6. The molecule has 1 atom stereocenters. The Morgan fingerprint density at radius 3 is 2.87 bits per heavy atom. The molecule has 1 aromatic heterocycles. The number of hydrogen-bond acceptors (Lipinski definition) is 6. The van der Waals surface area contributed by atoms with E-state index in [4.69, 9.17) is 10.00 Å². The molecule has 2 aromatic carbocycles. The molecule has 1 N–H and O–H groups in total. The number of methoxy groups -OCH3 is 1. The van der Waals surface area contributed by atoms with Crippen LogP contribution in [0.4, 0.5) is 10.8 Å². The number of aromatic nitrogens is 1. The number of ether oxygens (including phenoxy) is 1. The van der Waals surface area contributed by atoms with E-state index in [0.29, 0.717) is 29.4 Å². The minimum Gasteiger partial charge on any atom is -0.497 e. The van der Waals surface area contributed by atoms with Crippen molar-refractivity contribution in [2.75, 3.05) is 23.9 Å². The normalized spacial score (nSPS) is 15.5. The second-order valence-electron chi connectivity index (χ2n) is 7.21. The summed E-state index contributed by atoms with van der Waals surface area (Å²) in [5.41, 5.74) is 2.41. The number of nitrogens with zero attached hydrogens (tertiary/aromatic N) is 3. The van der Waals surface area contributed by atoms with Crippen LogP contribution in [0.15, 0.2) is 54.7 Å². The molecule has 4 rings (SSSR count). The lowest BCUT2D eigenvalue weighted by molar-refractivity contribution is -0.122. The van der Waals surface area contributed by atoms with Gasteiger partial charge in [0.1, 0.15) is 5.75 Å². The Labute approximate surface area is 183 Å². The summed E-state index contributed by atoms with van der Waals surface area (Å²) in [4.78, 5) is 32.1. The van der Waals surface area contributed by atoms with E-state index in [0.717, 1.165) is 16.1 Å². The van der Waals surface area contributed by atoms with E-state index in [9.17, 15) is 9.59 Å². The average molecular weight is 433 g/mol. The molecular weight excluding hydrogens is 412 g/mol. The molecule has 31 heavy (non-hydrogen) atoms. The topological polar surface area (TPSA) is 95.3 Å². The van der Waals surface area contributed by atoms with Gasteiger partial charge in [0.15, 0.2) is 5.13 Å². The minimum absolute atomic E-state index is 0.0888. The molecule has 7 nitrogen and oxygen atoms in total. The molecule has 0 spiro atoms. The van der Waals surface area contributed by atoms with E-state index in [2.05, 4.69) is 16.4 Å². The zero-order valence-corrected chi connectivity index (χ0v) is 17.7. The van der Waals surface area contributed by atoms with Gasteiger partial charge in [0.2, 0.25) is 11.8 Å². The van der Waals surface area contributed by atoms with Crippen LogP contribution in [0.25, 0.3) is 0 Å². The number of nitrogens with one attached hydrogen (secondary N) is 1. The number of rotatable bonds is 6. The van der Waals surface area contributed by atoms with Crippen LogP contribution in [-0.4, -0.2) is 30.5 Å². The van der Waals surface area contributed by atoms with Gasteiger partial charge in [0.25, 0.3) is 0 Å². The van der Waals surface area contributed by atoms with Crippen molar-refractivity contribution >= 4 is 34.0 Å². The summed E-state index contributed by atoms with van der Waals surface area (Å²) in [6, 6.07) is 16.7. The largest absolute Gasteiger partial charge is 0.497 e. The van der Waals surface area contributed by atoms with Gasteiger partial charge in [-0.2, -0.15) is 5.26 Å². The van der Waals surface area contributed by atoms with Crippen molar-refractivity contribution in [3.05, 3.63) is 70.7 Å². The Balaban J connectivity index is 1.37. The van der Waals surface area contributed by atoms with Crippen molar-refractivity contribution in [3.63, 3.8) is 0 Å². The Hall–Kier alpha value is -3.70. The number of nitriles is 1. The zero-order chi connectivity index (χ0) is 21.8. The van der Waals surface area contributed by atoms with Crippen LogP contribution < -0.4 is 15.0 Å². The molecule has 3 aromatic rings. The molecule has 1 fully saturated rings. The molecule has 156 valence electrons. The fourth-order valence-electron chi connectivity index (χ4n) is 3.46. The molecule has 2 heterocycles. The van der Waals surface area contributed by atoms with Crippen molar-refractivity contribution in [1.29, 1.82) is 5.26 Å². The van der Waals surface area contributed by atoms with E-state index in [1.54, 1.807) is 36.4 Å². The first-order valence-corrected chi connectivity index (χ1v) is 10.6. The quantitative estimate of drug-likeness (QED) is 0.642. The standard InChI is InChI=1S/C23H20N4O3S/c1-30-19-4-2-3-18(11-19)27-14-17(10-21(27)28)22(29)26-23-25-13-20(31-23)9-15-5-7-16(12-24)8-6-15/h2-8,11,13,17H,9-10,14H2,1H3,(H,25,26,29). The van der Waals surface area contributed by atoms with E-state index in [1.807, 2.05) is 30.3 Å². The highest BCUT2D eigenvalue weighted by molar-refractivity contribution is 7.15. The average Bonchev–Trinajstić information content (AvgIpc) is 3.40. The lowest BCUT2D eigenvalue weighted by Gasteiger charge is -2.17. The molecule has 0 radical (unpaired) electrons. The zero-order valence-electron chi connectivity index (χ0n) is 16.9. The van der Waals surface area contributed by atoms with Crippen LogP contribution in [0.1, 0.15) is 22.4 Å². The van der Waals surface area contributed by atoms with Gasteiger partial charge >= 0.3 is 0 Å². The predicted molar refractivity (Wildman–Crippen MR) is 118 cm³/mol. The summed E-state index contributed by atoms with van der Waals surface area (Å²) in [5, 5.41) is 12.2. The number of carbonyl (C=O) groups is 2. The molecule has 8 heteroatoms. The maximum absolute atomic E-state index is 12.7. The van der Waals surface area contributed by atoms with E-state index in [1.165, 1.54) is 11.3 Å². The second-order valence-corrected chi connectivity index (χ2v) is 8.33. The van der Waals surface area contributed by atoms with Gasteiger partial charge < -0.3 is 15.0 Å². The van der Waals surface area contributed by atoms with Crippen LogP contribution in [0.3, 0.4) is 0 Å². The number of benzene rings is 2. The fourth-order valence-corrected chi connectivity index (χ4v) is 4.31. The lowest BCUT2D eigenvalue weighted by Crippen LogP contribution is -2.28. The lowest BCUT2D eigenvalue weighted by atomic mass is 10.1. The van der Waals surface area contributed by atoms with Gasteiger partial charge in [-0.25, -0.2) is 4.98 Å². The predicted octanol–water partition coefficient (Wildman–Crippen LogP) is 3.61. The third kappa shape index (κ3) is 4.73. The van der Waals surface area contributed by atoms with E-state index in [-0.39, 0.29) is 18.2 Å². The Kier molecular flexibility index (Phi) is 5.96. The number of thiazole rings is 1. The van der Waals surface area contributed by atoms with Crippen molar-refractivity contribution in [2.24, 2.45) is 5.92 Å². The van der Waals surface area contributed by atoms with Gasteiger partial charge in [0.05, 0.1) is 24.7 Å². The van der Waals surface area contributed by atoms with Gasteiger partial charge in [-0.05, 0) is 29.8 Å². The summed E-state index contributed by atoms with van der Waals surface area (Å²) < 4.78 is 5.22. The number of hydrogen-bond donors (Lipinski definition) is 1. The first-order chi connectivity index (χ1) is 15.1. The van der Waals surface area contributed by atoms with Crippen LogP contribution in [0.2, 0.25) is 0 Å². The maximum Gasteiger partial charge on any atom is 0.231 e. The van der Waals surface area contributed by atoms with Gasteiger partial charge in [-0.1, -0.05) is 18.2 Å². The summed E-state index contributed by atoms with van der Waals surface area (Å²) in [7, 11) is 1.57. The molecule has 0 aliphatic carbocycles. The van der Waals surface area contributed by atoms with Crippen LogP contribution >= 0.6 is 11.3 Å². The molecule has 1 aliphatic rings. The minimum atomic E-state index is -0.440. The smallest absolute Gasteiger partial charge is 0.231 e. The van der Waals surface area contributed by atoms with Crippen molar-refractivity contribution in [2.45, 2.75) is 12.8 Å². The Morgan fingerprint density at radius 1 is 1.32 bits per heavy atom. The monoisotopic (exact) mass is 432 g/mol. The molecule has 0 bridgehead atoms. The van der Waals surface area contributed by atoms with Gasteiger partial charge in [-0.15, -0.1) is 11.3 Å². The number of carbonyl (C=O) groups excluding carboxylic acids is 2. The molecule has 1 aliphatic heterocycles. The highest BCUT2D eigenvalue weighted by Crippen LogP contribution is 2.29. The molecule has 1 unspecified atom stereocenters. The van der Waals surface area contributed by atoms with Crippen LogP contribution in [0.5, 0.6) is 5.75 Å². The fraction of sp³-hybridized carbons (Fsp3) is 0.217. The number of anilines is 2. The Bertz CT molecular complexity index is 1150. The van der Waals surface area contributed by atoms with Crippen molar-refractivity contribution in [1.82, 2.24) is 4.98 Å². The Morgan fingerprint density at radius 2 is 2.13 bits per heavy atom. The molecule has 1 saturated heterocycles. The highest BCUT2D eigenvalue weighted by Gasteiger charge is 2.35. The van der Waals surface area contributed by atoms with Crippen LogP contribution in [-0.2, 0) is 16.0 Å². The third-order valence-corrected chi connectivity index (χ3v) is 6.02. The van der Waals surface area contributed by atoms with Crippen LogP contribution in [0, 0.1) is 17.2 Å². The van der Waals surface area contributed by atoms with Crippen molar-refractivity contribution < 1.29 is 14.3 Å². The first-order valence-electron chi connectivity index (χ1n) is 9.74.